The van der Waals surface area contributed by atoms with Gasteiger partial charge in [0.1, 0.15) is 6.10 Å². The van der Waals surface area contributed by atoms with Crippen LogP contribution >= 0.6 is 0 Å². The Hall–Kier alpha value is -0.930. The van der Waals surface area contributed by atoms with E-state index in [0.717, 1.165) is 0 Å². The second-order valence-electron chi connectivity index (χ2n) is 6.56. The maximum Gasteiger partial charge on any atom is 0.407 e. The Morgan fingerprint density at radius 3 is 2.29 bits per heavy atom. The average Bonchev–Trinajstić information content (AvgIpc) is 2.55. The maximum absolute atomic E-state index is 11.9. The number of ether oxygens (including phenoxy) is 1. The van der Waals surface area contributed by atoms with E-state index in [0.29, 0.717) is 6.42 Å². The number of nitrogens with zero attached hydrogens (tertiary/aromatic N) is 1. The van der Waals surface area contributed by atoms with Gasteiger partial charge in [-0.15, -0.1) is 0 Å². The Morgan fingerprint density at radius 1 is 1.33 bits per heavy atom. The number of hydrogen-bond donors (Lipinski definition) is 5. The maximum atomic E-state index is 11.9. The minimum atomic E-state index is -1.27. The fourth-order valence-corrected chi connectivity index (χ4v) is 2.60. The van der Waals surface area contributed by atoms with Gasteiger partial charge in [0.05, 0.1) is 30.9 Å². The van der Waals surface area contributed by atoms with Crippen molar-refractivity contribution in [2.45, 2.75) is 63.4 Å². The van der Waals surface area contributed by atoms with Crippen LogP contribution in [0.25, 0.3) is 0 Å². The lowest BCUT2D eigenvalue weighted by molar-refractivity contribution is -0.201. The number of carbonyl (C=O) groups excluding carboxylic acids is 1. The van der Waals surface area contributed by atoms with Crippen molar-refractivity contribution in [2.75, 3.05) is 13.2 Å². The second kappa shape index (κ2) is 6.45. The summed E-state index contributed by atoms with van der Waals surface area (Å²) >= 11 is 0. The summed E-state index contributed by atoms with van der Waals surface area (Å²) in [5, 5.41) is 40.9. The van der Waals surface area contributed by atoms with Crippen LogP contribution in [0.3, 0.4) is 0 Å². The van der Waals surface area contributed by atoms with Gasteiger partial charge < -0.3 is 30.6 Å². The van der Waals surface area contributed by atoms with Crippen LogP contribution in [0, 0.1) is 0 Å². The van der Waals surface area contributed by atoms with Gasteiger partial charge >= 0.3 is 6.09 Å². The molecule has 1 aliphatic heterocycles. The first-order valence-corrected chi connectivity index (χ1v) is 6.92. The van der Waals surface area contributed by atoms with Crippen molar-refractivity contribution in [1.29, 1.82) is 0 Å². The molecule has 21 heavy (non-hydrogen) atoms. The summed E-state index contributed by atoms with van der Waals surface area (Å²) in [4.78, 5) is 11.9. The lowest BCUT2D eigenvalue weighted by atomic mass is 9.97. The Bertz CT molecular complexity index is 374. The number of aliphatic hydroxyl groups is 3. The molecular formula is C13H26N2O6. The number of aliphatic hydroxyl groups excluding tert-OH is 3. The number of amides is 1. The first-order valence-electron chi connectivity index (χ1n) is 6.92. The minimum absolute atomic E-state index is 0.441. The predicted molar refractivity (Wildman–Crippen MR) is 73.8 cm³/mol. The van der Waals surface area contributed by atoms with E-state index in [-0.39, 0.29) is 0 Å². The molecule has 0 radical (unpaired) electrons. The van der Waals surface area contributed by atoms with Crippen molar-refractivity contribution >= 4 is 6.09 Å². The zero-order valence-corrected chi connectivity index (χ0v) is 12.9. The molecule has 5 N–H and O–H groups in total. The number of nitrogens with one attached hydrogen (secondary N) is 1. The van der Waals surface area contributed by atoms with E-state index in [4.69, 9.17) is 14.9 Å². The highest BCUT2D eigenvalue weighted by atomic mass is 16.6. The van der Waals surface area contributed by atoms with Gasteiger partial charge in [0.15, 0.2) is 0 Å². The summed E-state index contributed by atoms with van der Waals surface area (Å²) in [6, 6.07) is -1.01. The topological polar surface area (TPSA) is 122 Å². The van der Waals surface area contributed by atoms with Crippen molar-refractivity contribution in [2.24, 2.45) is 0 Å². The normalized spacial score (nSPS) is 27.1. The molecular weight excluding hydrogens is 280 g/mol. The first kappa shape index (κ1) is 18.1. The monoisotopic (exact) mass is 306 g/mol. The number of rotatable bonds is 5. The summed E-state index contributed by atoms with van der Waals surface area (Å²) in [7, 11) is 0. The summed E-state index contributed by atoms with van der Waals surface area (Å²) in [6.07, 6.45) is -2.20. The van der Waals surface area contributed by atoms with Gasteiger partial charge in [0, 0.05) is 12.0 Å². The van der Waals surface area contributed by atoms with Gasteiger partial charge in [0.25, 0.3) is 0 Å². The number of hydroxylamine groups is 2. The van der Waals surface area contributed by atoms with Crippen LogP contribution in [0.15, 0.2) is 0 Å². The lowest BCUT2D eigenvalue weighted by Gasteiger charge is -2.35. The molecule has 0 spiro atoms. The van der Waals surface area contributed by atoms with E-state index in [9.17, 15) is 15.1 Å². The molecule has 1 amide bonds. The van der Waals surface area contributed by atoms with E-state index < -0.39 is 48.6 Å². The third-order valence-corrected chi connectivity index (χ3v) is 3.99. The average molecular weight is 306 g/mol. The molecule has 0 aliphatic carbocycles. The van der Waals surface area contributed by atoms with Gasteiger partial charge in [-0.3, -0.25) is 0 Å². The van der Waals surface area contributed by atoms with Crippen molar-refractivity contribution in [1.82, 2.24) is 10.4 Å². The van der Waals surface area contributed by atoms with Gasteiger partial charge in [-0.05, 0) is 27.7 Å². The molecule has 1 heterocycles. The molecule has 124 valence electrons. The Labute approximate surface area is 124 Å². The Morgan fingerprint density at radius 2 is 1.90 bits per heavy atom. The van der Waals surface area contributed by atoms with Crippen molar-refractivity contribution in [3.05, 3.63) is 0 Å². The third kappa shape index (κ3) is 3.83. The molecule has 1 fully saturated rings. The largest absolute Gasteiger partial charge is 0.444 e. The molecule has 8 nitrogen and oxygen atoms in total. The highest BCUT2D eigenvalue weighted by Gasteiger charge is 2.53. The van der Waals surface area contributed by atoms with Crippen LogP contribution in [-0.2, 0) is 4.74 Å². The molecule has 8 heteroatoms. The van der Waals surface area contributed by atoms with Crippen LogP contribution in [0.2, 0.25) is 0 Å². The summed E-state index contributed by atoms with van der Waals surface area (Å²) in [5.41, 5.74) is -1.29. The van der Waals surface area contributed by atoms with Crippen LogP contribution < -0.4 is 5.32 Å². The molecule has 1 aliphatic rings. The molecule has 1 rings (SSSR count). The van der Waals surface area contributed by atoms with Crippen LogP contribution in [-0.4, -0.2) is 74.2 Å². The van der Waals surface area contributed by atoms with E-state index in [2.05, 4.69) is 5.32 Å². The van der Waals surface area contributed by atoms with Crippen molar-refractivity contribution < 1.29 is 30.1 Å². The number of carbonyl (C=O) groups is 1. The minimum Gasteiger partial charge on any atom is -0.444 e. The molecule has 0 saturated carbocycles. The molecule has 0 bridgehead atoms. The Balaban J connectivity index is 2.67. The third-order valence-electron chi connectivity index (χ3n) is 3.99. The highest BCUT2D eigenvalue weighted by molar-refractivity contribution is 5.68. The standard InChI is InChI=1S/C13H26N2O6/c1-12(2)5-10(13(3,4)15(12)20)21-11(19)14-8(6-16)9(18)7-17/h8-10,16-18,20H,5-7H2,1-4H3,(H,14,19). The smallest absolute Gasteiger partial charge is 0.407 e. The van der Waals surface area contributed by atoms with E-state index >= 15 is 0 Å². The SMILES string of the molecule is CC1(C)CC(OC(=O)NC(CO)C(O)CO)C(C)(C)N1O. The fourth-order valence-electron chi connectivity index (χ4n) is 2.60. The highest BCUT2D eigenvalue weighted by Crippen LogP contribution is 2.40. The van der Waals surface area contributed by atoms with Crippen molar-refractivity contribution in [3.8, 4) is 0 Å². The fraction of sp³-hybridized carbons (Fsp3) is 0.923. The zero-order chi connectivity index (χ0) is 16.4. The van der Waals surface area contributed by atoms with Crippen LogP contribution in [0.4, 0.5) is 4.79 Å². The molecule has 0 aromatic carbocycles. The molecule has 0 aromatic heterocycles. The summed E-state index contributed by atoms with van der Waals surface area (Å²) in [6.45, 7) is 6.07. The van der Waals surface area contributed by atoms with Crippen LogP contribution in [0.5, 0.6) is 0 Å². The van der Waals surface area contributed by atoms with Crippen molar-refractivity contribution in [3.63, 3.8) is 0 Å². The van der Waals surface area contributed by atoms with Gasteiger partial charge in [0.2, 0.25) is 0 Å². The summed E-state index contributed by atoms with van der Waals surface area (Å²) < 4.78 is 5.30. The van der Waals surface area contributed by atoms with Gasteiger partial charge in [-0.2, -0.15) is 5.06 Å². The summed E-state index contributed by atoms with van der Waals surface area (Å²) in [5.74, 6) is 0. The zero-order valence-electron chi connectivity index (χ0n) is 12.9. The van der Waals surface area contributed by atoms with Crippen LogP contribution in [0.1, 0.15) is 34.1 Å². The predicted octanol–water partition coefficient (Wildman–Crippen LogP) is -0.553. The quantitative estimate of drug-likeness (QED) is 0.462. The molecule has 1 saturated heterocycles. The van der Waals surface area contributed by atoms with Gasteiger partial charge in [-0.25, -0.2) is 4.79 Å². The van der Waals surface area contributed by atoms with E-state index in [1.54, 1.807) is 13.8 Å². The number of hydrogen-bond acceptors (Lipinski definition) is 7. The lowest BCUT2D eigenvalue weighted by Crippen LogP contribution is -2.52. The van der Waals surface area contributed by atoms with E-state index in [1.165, 1.54) is 5.06 Å². The molecule has 0 aromatic rings. The first-order chi connectivity index (χ1) is 9.56. The molecule has 3 atom stereocenters. The van der Waals surface area contributed by atoms with E-state index in [1.807, 2.05) is 13.8 Å². The second-order valence-corrected chi connectivity index (χ2v) is 6.56. The molecule has 3 unspecified atom stereocenters. The van der Waals surface area contributed by atoms with Gasteiger partial charge in [-0.1, -0.05) is 0 Å². The number of alkyl carbamates (subject to hydrolysis) is 1. The Kier molecular flexibility index (Phi) is 5.57.